The lowest BCUT2D eigenvalue weighted by atomic mass is 9.95. The molecule has 0 saturated heterocycles. The molecule has 2 aromatic carbocycles. The van der Waals surface area contributed by atoms with Crippen molar-refractivity contribution < 1.29 is 28.2 Å². The Labute approximate surface area is 198 Å². The highest BCUT2D eigenvalue weighted by atomic mass is 79.9. The van der Waals surface area contributed by atoms with Gasteiger partial charge < -0.3 is 19.2 Å². The molecule has 33 heavy (non-hydrogen) atoms. The third kappa shape index (κ3) is 4.72. The van der Waals surface area contributed by atoms with Gasteiger partial charge in [0, 0.05) is 23.0 Å². The van der Waals surface area contributed by atoms with E-state index in [4.69, 9.17) is 9.15 Å². The van der Waals surface area contributed by atoms with E-state index >= 15 is 0 Å². The van der Waals surface area contributed by atoms with E-state index < -0.39 is 29.3 Å². The summed E-state index contributed by atoms with van der Waals surface area (Å²) in [5.41, 5.74) is 0.933. The standard InChI is InChI=1S/C25H23BrFNO5/c1-14(2)32-11-3-10-28-22(15-4-7-18(27)8-5-15)21(24(30)25(28)31)23(29)20-13-16-12-17(26)6-9-19(16)33-20/h4-9,12-14,22,30H,3,10-11H2,1-2H3. The van der Waals surface area contributed by atoms with Gasteiger partial charge in [0.2, 0.25) is 5.78 Å². The SMILES string of the molecule is CC(C)OCCCN1C(=O)C(O)=C(C(=O)c2cc3cc(Br)ccc3o2)C1c1ccc(F)cc1. The van der Waals surface area contributed by atoms with Crippen LogP contribution in [0.4, 0.5) is 4.39 Å². The summed E-state index contributed by atoms with van der Waals surface area (Å²) in [5, 5.41) is 11.4. The van der Waals surface area contributed by atoms with Crippen molar-refractivity contribution in [1.82, 2.24) is 4.90 Å². The first kappa shape index (κ1) is 23.2. The second-order valence-corrected chi connectivity index (χ2v) is 9.03. The van der Waals surface area contributed by atoms with Gasteiger partial charge in [-0.25, -0.2) is 4.39 Å². The molecule has 0 aliphatic carbocycles. The number of aliphatic hydroxyl groups excluding tert-OH is 1. The Morgan fingerprint density at radius 3 is 2.64 bits per heavy atom. The van der Waals surface area contributed by atoms with Crippen LogP contribution in [-0.2, 0) is 9.53 Å². The largest absolute Gasteiger partial charge is 0.503 e. The minimum absolute atomic E-state index is 0.00885. The van der Waals surface area contributed by atoms with E-state index in [-0.39, 0.29) is 24.0 Å². The van der Waals surface area contributed by atoms with Gasteiger partial charge in [-0.15, -0.1) is 0 Å². The van der Waals surface area contributed by atoms with Gasteiger partial charge in [0.25, 0.3) is 5.91 Å². The molecule has 6 nitrogen and oxygen atoms in total. The van der Waals surface area contributed by atoms with Crippen molar-refractivity contribution in [2.45, 2.75) is 32.4 Å². The van der Waals surface area contributed by atoms with Crippen LogP contribution >= 0.6 is 15.9 Å². The van der Waals surface area contributed by atoms with E-state index in [0.29, 0.717) is 29.6 Å². The highest BCUT2D eigenvalue weighted by Crippen LogP contribution is 2.39. The number of amides is 1. The number of carbonyl (C=O) groups excluding carboxylic acids is 2. The van der Waals surface area contributed by atoms with Crippen molar-refractivity contribution in [2.24, 2.45) is 0 Å². The van der Waals surface area contributed by atoms with Gasteiger partial charge in [-0.05, 0) is 62.2 Å². The summed E-state index contributed by atoms with van der Waals surface area (Å²) >= 11 is 3.39. The topological polar surface area (TPSA) is 80.0 Å². The van der Waals surface area contributed by atoms with E-state index in [1.165, 1.54) is 29.2 Å². The Morgan fingerprint density at radius 2 is 1.94 bits per heavy atom. The normalized spacial score (nSPS) is 16.5. The highest BCUT2D eigenvalue weighted by Gasteiger charge is 2.44. The third-order valence-electron chi connectivity index (χ3n) is 5.43. The minimum atomic E-state index is -0.871. The maximum Gasteiger partial charge on any atom is 0.290 e. The number of ketones is 1. The molecule has 8 heteroatoms. The van der Waals surface area contributed by atoms with Crippen LogP contribution in [-0.4, -0.2) is 41.0 Å². The van der Waals surface area contributed by atoms with E-state index in [2.05, 4.69) is 15.9 Å². The van der Waals surface area contributed by atoms with Gasteiger partial charge in [-0.2, -0.15) is 0 Å². The second kappa shape index (κ2) is 9.49. The van der Waals surface area contributed by atoms with Crippen LogP contribution in [0, 0.1) is 5.82 Å². The molecular weight excluding hydrogens is 493 g/mol. The summed E-state index contributed by atoms with van der Waals surface area (Å²) in [6, 6.07) is 11.6. The molecule has 0 spiro atoms. The number of rotatable bonds is 8. The molecule has 172 valence electrons. The Balaban J connectivity index is 1.70. The molecule has 0 saturated carbocycles. The first-order valence-electron chi connectivity index (χ1n) is 10.6. The lowest BCUT2D eigenvalue weighted by Crippen LogP contribution is -2.32. The van der Waals surface area contributed by atoms with Crippen molar-refractivity contribution in [3.63, 3.8) is 0 Å². The van der Waals surface area contributed by atoms with Crippen molar-refractivity contribution >= 4 is 38.6 Å². The maximum absolute atomic E-state index is 13.6. The zero-order valence-electron chi connectivity index (χ0n) is 18.2. The van der Waals surface area contributed by atoms with Crippen LogP contribution in [0.5, 0.6) is 0 Å². The molecule has 4 rings (SSSR count). The average molecular weight is 516 g/mol. The smallest absolute Gasteiger partial charge is 0.290 e. The maximum atomic E-state index is 13.6. The molecule has 3 aromatic rings. The van der Waals surface area contributed by atoms with Crippen molar-refractivity contribution in [1.29, 1.82) is 0 Å². The number of halogens is 2. The first-order chi connectivity index (χ1) is 15.8. The predicted molar refractivity (Wildman–Crippen MR) is 124 cm³/mol. The number of hydrogen-bond acceptors (Lipinski definition) is 5. The fourth-order valence-corrected chi connectivity index (χ4v) is 4.30. The summed E-state index contributed by atoms with van der Waals surface area (Å²) in [4.78, 5) is 27.8. The fourth-order valence-electron chi connectivity index (χ4n) is 3.92. The quantitative estimate of drug-likeness (QED) is 0.306. The Bertz CT molecular complexity index is 1230. The number of ether oxygens (including phenoxy) is 1. The van der Waals surface area contributed by atoms with Crippen LogP contribution in [0.1, 0.15) is 42.4 Å². The summed E-state index contributed by atoms with van der Waals surface area (Å²) < 4.78 is 25.7. The Hall–Kier alpha value is -2.97. The monoisotopic (exact) mass is 515 g/mol. The molecule has 1 aliphatic heterocycles. The van der Waals surface area contributed by atoms with E-state index in [9.17, 15) is 19.1 Å². The summed E-state index contributed by atoms with van der Waals surface area (Å²) in [6.45, 7) is 4.50. The van der Waals surface area contributed by atoms with Gasteiger partial charge in [-0.1, -0.05) is 28.1 Å². The number of fused-ring (bicyclic) bond motifs is 1. The average Bonchev–Trinajstić information content (AvgIpc) is 3.30. The molecular formula is C25H23BrFNO5. The predicted octanol–water partition coefficient (Wildman–Crippen LogP) is 5.73. The molecule has 1 amide bonds. The molecule has 2 heterocycles. The van der Waals surface area contributed by atoms with Gasteiger partial charge >= 0.3 is 0 Å². The molecule has 0 fully saturated rings. The number of nitrogens with zero attached hydrogens (tertiary/aromatic N) is 1. The summed E-state index contributed by atoms with van der Waals surface area (Å²) in [7, 11) is 0. The van der Waals surface area contributed by atoms with Gasteiger partial charge in [0.05, 0.1) is 17.7 Å². The molecule has 0 radical (unpaired) electrons. The second-order valence-electron chi connectivity index (χ2n) is 8.11. The Kier molecular flexibility index (Phi) is 6.67. The molecule has 1 aliphatic rings. The highest BCUT2D eigenvalue weighted by molar-refractivity contribution is 9.10. The van der Waals surface area contributed by atoms with Gasteiger partial charge in [-0.3, -0.25) is 9.59 Å². The zero-order valence-corrected chi connectivity index (χ0v) is 19.8. The number of furan rings is 1. The number of Topliss-reactive ketones (excluding diaryl/α,β-unsaturated/α-hetero) is 1. The fraction of sp³-hybridized carbons (Fsp3) is 0.280. The number of benzene rings is 2. The van der Waals surface area contributed by atoms with Crippen molar-refractivity contribution in [3.05, 3.63) is 81.5 Å². The lowest BCUT2D eigenvalue weighted by molar-refractivity contribution is -0.129. The number of aliphatic hydroxyl groups is 1. The molecule has 1 atom stereocenters. The number of hydrogen-bond donors (Lipinski definition) is 1. The zero-order chi connectivity index (χ0) is 23.7. The van der Waals surface area contributed by atoms with Gasteiger partial charge in [0.1, 0.15) is 11.4 Å². The number of carbonyl (C=O) groups is 2. The molecule has 1 N–H and O–H groups in total. The van der Waals surface area contributed by atoms with Crippen LogP contribution in [0.15, 0.2) is 68.8 Å². The minimum Gasteiger partial charge on any atom is -0.503 e. The summed E-state index contributed by atoms with van der Waals surface area (Å²) in [5.74, 6) is -2.31. The van der Waals surface area contributed by atoms with Gasteiger partial charge in [0.15, 0.2) is 11.5 Å². The van der Waals surface area contributed by atoms with E-state index in [0.717, 1.165) is 4.47 Å². The van der Waals surface area contributed by atoms with Crippen LogP contribution in [0.2, 0.25) is 0 Å². The van der Waals surface area contributed by atoms with E-state index in [1.54, 1.807) is 18.2 Å². The van der Waals surface area contributed by atoms with Crippen LogP contribution in [0.25, 0.3) is 11.0 Å². The first-order valence-corrected chi connectivity index (χ1v) is 11.4. The van der Waals surface area contributed by atoms with Crippen molar-refractivity contribution in [2.75, 3.05) is 13.2 Å². The van der Waals surface area contributed by atoms with Crippen LogP contribution in [0.3, 0.4) is 0 Å². The lowest BCUT2D eigenvalue weighted by Gasteiger charge is -2.26. The third-order valence-corrected chi connectivity index (χ3v) is 5.92. The van der Waals surface area contributed by atoms with Crippen molar-refractivity contribution in [3.8, 4) is 0 Å². The molecule has 1 aromatic heterocycles. The van der Waals surface area contributed by atoms with Crippen LogP contribution < -0.4 is 0 Å². The molecule has 1 unspecified atom stereocenters. The molecule has 0 bridgehead atoms. The summed E-state index contributed by atoms with van der Waals surface area (Å²) in [6.07, 6.45) is 0.554. The van der Waals surface area contributed by atoms with E-state index in [1.807, 2.05) is 19.9 Å². The Morgan fingerprint density at radius 1 is 1.21 bits per heavy atom.